The SMILES string of the molecule is N#Cc1ccc(-c2ccccn2)nc1SC/C=C/c1ccccc1. The van der Waals surface area contributed by atoms with E-state index in [1.165, 1.54) is 0 Å². The molecule has 116 valence electrons. The number of hydrogen-bond acceptors (Lipinski definition) is 4. The minimum Gasteiger partial charge on any atom is -0.255 e. The van der Waals surface area contributed by atoms with E-state index in [0.717, 1.165) is 27.7 Å². The van der Waals surface area contributed by atoms with Crippen molar-refractivity contribution >= 4 is 17.8 Å². The Kier molecular flexibility index (Phi) is 5.39. The molecule has 24 heavy (non-hydrogen) atoms. The lowest BCUT2D eigenvalue weighted by Gasteiger charge is -2.05. The van der Waals surface area contributed by atoms with Gasteiger partial charge in [0.25, 0.3) is 0 Å². The summed E-state index contributed by atoms with van der Waals surface area (Å²) in [7, 11) is 0. The van der Waals surface area contributed by atoms with Crippen molar-refractivity contribution < 1.29 is 0 Å². The van der Waals surface area contributed by atoms with Gasteiger partial charge in [0.1, 0.15) is 11.1 Å². The molecule has 0 radical (unpaired) electrons. The highest BCUT2D eigenvalue weighted by Crippen LogP contribution is 2.24. The fourth-order valence-electron chi connectivity index (χ4n) is 2.17. The van der Waals surface area contributed by atoms with Crippen LogP contribution in [0.3, 0.4) is 0 Å². The molecule has 1 aromatic carbocycles. The highest BCUT2D eigenvalue weighted by Gasteiger charge is 2.07. The molecule has 0 aliphatic heterocycles. The van der Waals surface area contributed by atoms with Gasteiger partial charge in [-0.1, -0.05) is 48.6 Å². The maximum absolute atomic E-state index is 9.28. The van der Waals surface area contributed by atoms with Gasteiger partial charge in [-0.05, 0) is 29.8 Å². The fraction of sp³-hybridized carbons (Fsp3) is 0.0500. The van der Waals surface area contributed by atoms with Crippen LogP contribution in [0.4, 0.5) is 0 Å². The summed E-state index contributed by atoms with van der Waals surface area (Å²) in [5.41, 5.74) is 3.34. The van der Waals surface area contributed by atoms with Gasteiger partial charge in [0.2, 0.25) is 0 Å². The smallest absolute Gasteiger partial charge is 0.115 e. The van der Waals surface area contributed by atoms with Gasteiger partial charge in [0.15, 0.2) is 0 Å². The minimum atomic E-state index is 0.591. The number of pyridine rings is 2. The summed E-state index contributed by atoms with van der Waals surface area (Å²) < 4.78 is 0. The second kappa shape index (κ2) is 8.09. The zero-order valence-corrected chi connectivity index (χ0v) is 13.8. The lowest BCUT2D eigenvalue weighted by atomic mass is 10.2. The first-order valence-corrected chi connectivity index (χ1v) is 8.52. The number of hydrogen-bond donors (Lipinski definition) is 0. The highest BCUT2D eigenvalue weighted by molar-refractivity contribution is 7.99. The van der Waals surface area contributed by atoms with E-state index in [-0.39, 0.29) is 0 Å². The van der Waals surface area contributed by atoms with Crippen LogP contribution >= 0.6 is 11.8 Å². The Labute approximate surface area is 145 Å². The Morgan fingerprint density at radius 1 is 0.958 bits per heavy atom. The van der Waals surface area contributed by atoms with Gasteiger partial charge < -0.3 is 0 Å². The monoisotopic (exact) mass is 329 g/mol. The lowest BCUT2D eigenvalue weighted by molar-refractivity contribution is 1.10. The van der Waals surface area contributed by atoms with Gasteiger partial charge in [-0.3, -0.25) is 4.98 Å². The molecular formula is C20H15N3S. The maximum atomic E-state index is 9.28. The van der Waals surface area contributed by atoms with Gasteiger partial charge >= 0.3 is 0 Å². The molecule has 0 amide bonds. The van der Waals surface area contributed by atoms with Gasteiger partial charge in [0, 0.05) is 11.9 Å². The fourth-order valence-corrected chi connectivity index (χ4v) is 2.95. The summed E-state index contributed by atoms with van der Waals surface area (Å²) >= 11 is 1.55. The zero-order valence-electron chi connectivity index (χ0n) is 13.0. The van der Waals surface area contributed by atoms with E-state index in [2.05, 4.69) is 40.3 Å². The summed E-state index contributed by atoms with van der Waals surface area (Å²) in [5, 5.41) is 10.0. The van der Waals surface area contributed by atoms with Crippen molar-refractivity contribution in [2.24, 2.45) is 0 Å². The molecule has 0 atom stereocenters. The van der Waals surface area contributed by atoms with Crippen molar-refractivity contribution in [2.45, 2.75) is 5.03 Å². The van der Waals surface area contributed by atoms with Crippen LogP contribution < -0.4 is 0 Å². The van der Waals surface area contributed by atoms with Crippen LogP contribution in [0.15, 0.2) is 78.0 Å². The first-order valence-electron chi connectivity index (χ1n) is 7.54. The molecule has 0 bridgehead atoms. The Morgan fingerprint density at radius 2 is 1.79 bits per heavy atom. The maximum Gasteiger partial charge on any atom is 0.115 e. The van der Waals surface area contributed by atoms with Gasteiger partial charge in [-0.15, -0.1) is 11.8 Å². The summed E-state index contributed by atoms with van der Waals surface area (Å²) in [6.07, 6.45) is 5.89. The first-order chi connectivity index (χ1) is 11.9. The predicted octanol–water partition coefficient (Wildman–Crippen LogP) is 4.82. The second-order valence-electron chi connectivity index (χ2n) is 5.00. The van der Waals surface area contributed by atoms with E-state index in [4.69, 9.17) is 0 Å². The van der Waals surface area contributed by atoms with Crippen molar-refractivity contribution in [1.29, 1.82) is 5.26 Å². The average molecular weight is 329 g/mol. The summed E-state index contributed by atoms with van der Waals surface area (Å²) in [6.45, 7) is 0. The normalized spacial score (nSPS) is 10.6. The number of rotatable bonds is 5. The molecule has 0 saturated carbocycles. The standard InChI is InChI=1S/C20H15N3S/c21-15-17-11-12-19(18-10-4-5-13-22-18)23-20(17)24-14-6-9-16-7-2-1-3-8-16/h1-13H,14H2/b9-6+. The molecule has 0 saturated heterocycles. The Bertz CT molecular complexity index is 868. The Balaban J connectivity index is 1.74. The zero-order chi connectivity index (χ0) is 16.6. The third kappa shape index (κ3) is 4.09. The first kappa shape index (κ1) is 16.0. The van der Waals surface area contributed by atoms with Gasteiger partial charge in [-0.2, -0.15) is 5.26 Å². The number of thioether (sulfide) groups is 1. The topological polar surface area (TPSA) is 49.6 Å². The van der Waals surface area contributed by atoms with E-state index in [9.17, 15) is 5.26 Å². The van der Waals surface area contributed by atoms with Crippen molar-refractivity contribution in [3.8, 4) is 17.5 Å². The summed E-state index contributed by atoms with van der Waals surface area (Å²) in [4.78, 5) is 8.92. The molecule has 2 heterocycles. The second-order valence-corrected chi connectivity index (χ2v) is 6.01. The van der Waals surface area contributed by atoms with E-state index in [0.29, 0.717) is 5.56 Å². The molecule has 0 aliphatic carbocycles. The van der Waals surface area contributed by atoms with Crippen LogP contribution in [0, 0.1) is 11.3 Å². The Hall–Kier alpha value is -2.90. The van der Waals surface area contributed by atoms with Crippen molar-refractivity contribution in [3.05, 3.63) is 84.1 Å². The molecule has 3 aromatic rings. The van der Waals surface area contributed by atoms with Gasteiger partial charge in [-0.25, -0.2) is 4.98 Å². The van der Waals surface area contributed by atoms with E-state index in [1.54, 1.807) is 24.0 Å². The van der Waals surface area contributed by atoms with Gasteiger partial charge in [0.05, 0.1) is 17.0 Å². The largest absolute Gasteiger partial charge is 0.255 e. The number of nitrogens with zero attached hydrogens (tertiary/aromatic N) is 3. The van der Waals surface area contributed by atoms with Crippen LogP contribution in [0.5, 0.6) is 0 Å². The number of aromatic nitrogens is 2. The third-order valence-electron chi connectivity index (χ3n) is 3.33. The lowest BCUT2D eigenvalue weighted by Crippen LogP contribution is -1.92. The van der Waals surface area contributed by atoms with Crippen molar-refractivity contribution in [2.75, 3.05) is 5.75 Å². The quantitative estimate of drug-likeness (QED) is 0.630. The Morgan fingerprint density at radius 3 is 2.54 bits per heavy atom. The van der Waals surface area contributed by atoms with Crippen LogP contribution in [0.2, 0.25) is 0 Å². The number of nitriles is 1. The average Bonchev–Trinajstić information content (AvgIpc) is 2.66. The highest BCUT2D eigenvalue weighted by atomic mass is 32.2. The summed E-state index contributed by atoms with van der Waals surface area (Å²) in [5.74, 6) is 0.752. The van der Waals surface area contributed by atoms with Crippen molar-refractivity contribution in [1.82, 2.24) is 9.97 Å². The number of benzene rings is 1. The molecule has 0 fully saturated rings. The molecule has 0 spiro atoms. The molecule has 4 heteroatoms. The molecule has 0 N–H and O–H groups in total. The molecule has 0 unspecified atom stereocenters. The molecular weight excluding hydrogens is 314 g/mol. The van der Waals surface area contributed by atoms with E-state index in [1.807, 2.05) is 42.5 Å². The molecule has 3 nitrogen and oxygen atoms in total. The molecule has 2 aromatic heterocycles. The van der Waals surface area contributed by atoms with Crippen molar-refractivity contribution in [3.63, 3.8) is 0 Å². The van der Waals surface area contributed by atoms with Crippen LogP contribution in [0.1, 0.15) is 11.1 Å². The predicted molar refractivity (Wildman–Crippen MR) is 98.4 cm³/mol. The minimum absolute atomic E-state index is 0.591. The molecule has 3 rings (SSSR count). The van der Waals surface area contributed by atoms with E-state index < -0.39 is 0 Å². The van der Waals surface area contributed by atoms with Crippen LogP contribution in [-0.2, 0) is 0 Å². The van der Waals surface area contributed by atoms with E-state index >= 15 is 0 Å². The van der Waals surface area contributed by atoms with Crippen LogP contribution in [0.25, 0.3) is 17.5 Å². The summed E-state index contributed by atoms with van der Waals surface area (Å²) in [6, 6.07) is 21.7. The molecule has 0 aliphatic rings. The van der Waals surface area contributed by atoms with Crippen LogP contribution in [-0.4, -0.2) is 15.7 Å². The third-order valence-corrected chi connectivity index (χ3v) is 4.28.